The summed E-state index contributed by atoms with van der Waals surface area (Å²) in [5, 5.41) is 0.353. The predicted octanol–water partition coefficient (Wildman–Crippen LogP) is 2.76. The molecule has 0 spiro atoms. The van der Waals surface area contributed by atoms with Crippen LogP contribution in [0.3, 0.4) is 0 Å². The second-order valence-electron chi connectivity index (χ2n) is 4.01. The number of hydrogen-bond acceptors (Lipinski definition) is 3. The molecule has 18 heavy (non-hydrogen) atoms. The first-order valence-corrected chi connectivity index (χ1v) is 6.12. The molecule has 0 radical (unpaired) electrons. The van der Waals surface area contributed by atoms with Gasteiger partial charge in [0.05, 0.1) is 5.02 Å². The van der Waals surface area contributed by atoms with Crippen LogP contribution in [0.5, 0.6) is 0 Å². The number of aryl methyl sites for hydroxylation is 1. The van der Waals surface area contributed by atoms with E-state index in [0.717, 1.165) is 13.0 Å². The van der Waals surface area contributed by atoms with Crippen molar-refractivity contribution in [3.8, 4) is 0 Å². The van der Waals surface area contributed by atoms with Crippen molar-refractivity contribution < 1.29 is 4.79 Å². The number of nitrogen functional groups attached to an aromatic ring is 1. The highest BCUT2D eigenvalue weighted by Crippen LogP contribution is 2.21. The van der Waals surface area contributed by atoms with E-state index in [1.807, 2.05) is 11.5 Å². The molecule has 0 aliphatic carbocycles. The van der Waals surface area contributed by atoms with E-state index in [1.165, 1.54) is 0 Å². The van der Waals surface area contributed by atoms with Crippen molar-refractivity contribution in [2.75, 3.05) is 5.73 Å². The summed E-state index contributed by atoms with van der Waals surface area (Å²) >= 11 is 6.03. The van der Waals surface area contributed by atoms with Gasteiger partial charge in [-0.15, -0.1) is 0 Å². The number of imidazole rings is 1. The van der Waals surface area contributed by atoms with Gasteiger partial charge in [0.25, 0.3) is 0 Å². The minimum absolute atomic E-state index is 0.182. The Morgan fingerprint density at radius 3 is 2.94 bits per heavy atom. The van der Waals surface area contributed by atoms with Crippen LogP contribution in [0.2, 0.25) is 5.02 Å². The van der Waals surface area contributed by atoms with Gasteiger partial charge in [-0.3, -0.25) is 4.79 Å². The lowest BCUT2D eigenvalue weighted by Gasteiger charge is -2.07. The van der Waals surface area contributed by atoms with Gasteiger partial charge < -0.3 is 10.3 Å². The average Bonchev–Trinajstić information content (AvgIpc) is 2.77. The van der Waals surface area contributed by atoms with Crippen LogP contribution in [0.25, 0.3) is 0 Å². The first-order valence-electron chi connectivity index (χ1n) is 5.74. The molecule has 0 atom stereocenters. The number of rotatable bonds is 4. The summed E-state index contributed by atoms with van der Waals surface area (Å²) < 4.78 is 1.83. The summed E-state index contributed by atoms with van der Waals surface area (Å²) in [7, 11) is 0. The summed E-state index contributed by atoms with van der Waals surface area (Å²) in [6.07, 6.45) is 4.35. The van der Waals surface area contributed by atoms with Gasteiger partial charge >= 0.3 is 0 Å². The first-order chi connectivity index (χ1) is 8.63. The normalized spacial score (nSPS) is 10.6. The Balaban J connectivity index is 2.38. The van der Waals surface area contributed by atoms with Crippen LogP contribution in [-0.2, 0) is 6.54 Å². The van der Waals surface area contributed by atoms with E-state index in [0.29, 0.717) is 22.1 Å². The van der Waals surface area contributed by atoms with E-state index in [4.69, 9.17) is 17.3 Å². The molecule has 0 aliphatic rings. The third kappa shape index (κ3) is 2.38. The fraction of sp³-hybridized carbons (Fsp3) is 0.231. The highest BCUT2D eigenvalue weighted by atomic mass is 35.5. The Hall–Kier alpha value is -1.81. The molecule has 4 nitrogen and oxygen atoms in total. The fourth-order valence-electron chi connectivity index (χ4n) is 1.78. The number of ketones is 1. The molecule has 0 fully saturated rings. The van der Waals surface area contributed by atoms with Gasteiger partial charge in [0.2, 0.25) is 5.78 Å². The molecule has 2 aromatic rings. The zero-order valence-electron chi connectivity index (χ0n) is 10.1. The SMILES string of the molecule is CCCn1ccnc1C(=O)c1ccc(N)cc1Cl. The van der Waals surface area contributed by atoms with E-state index in [1.54, 1.807) is 30.6 Å². The highest BCUT2D eigenvalue weighted by molar-refractivity contribution is 6.35. The lowest BCUT2D eigenvalue weighted by Crippen LogP contribution is -2.11. The van der Waals surface area contributed by atoms with Crippen LogP contribution in [-0.4, -0.2) is 15.3 Å². The molecule has 0 unspecified atom stereocenters. The van der Waals surface area contributed by atoms with Crippen molar-refractivity contribution in [1.29, 1.82) is 0 Å². The van der Waals surface area contributed by atoms with Crippen LogP contribution in [0, 0.1) is 0 Å². The van der Waals surface area contributed by atoms with Crippen LogP contribution in [0.15, 0.2) is 30.6 Å². The fourth-order valence-corrected chi connectivity index (χ4v) is 2.05. The molecule has 0 amide bonds. The molecule has 2 N–H and O–H groups in total. The zero-order valence-corrected chi connectivity index (χ0v) is 10.8. The second kappa shape index (κ2) is 5.23. The molecule has 1 aromatic carbocycles. The first kappa shape index (κ1) is 12.6. The highest BCUT2D eigenvalue weighted by Gasteiger charge is 2.17. The van der Waals surface area contributed by atoms with Crippen molar-refractivity contribution in [2.24, 2.45) is 0 Å². The van der Waals surface area contributed by atoms with Gasteiger partial charge in [-0.25, -0.2) is 4.98 Å². The van der Waals surface area contributed by atoms with Gasteiger partial charge in [-0.05, 0) is 24.6 Å². The number of hydrogen-bond donors (Lipinski definition) is 1. The van der Waals surface area contributed by atoms with E-state index in [9.17, 15) is 4.79 Å². The van der Waals surface area contributed by atoms with Crippen molar-refractivity contribution in [1.82, 2.24) is 9.55 Å². The van der Waals surface area contributed by atoms with Gasteiger partial charge in [0, 0.05) is 30.2 Å². The monoisotopic (exact) mass is 263 g/mol. The van der Waals surface area contributed by atoms with E-state index < -0.39 is 0 Å². The van der Waals surface area contributed by atoms with Crippen molar-refractivity contribution in [3.63, 3.8) is 0 Å². The molecular weight excluding hydrogens is 250 g/mol. The molecule has 0 bridgehead atoms. The standard InChI is InChI=1S/C13H14ClN3O/c1-2-6-17-7-5-16-13(17)12(18)10-4-3-9(15)8-11(10)14/h3-5,7-8H,2,6,15H2,1H3. The summed E-state index contributed by atoms with van der Waals surface area (Å²) in [5.41, 5.74) is 6.57. The predicted molar refractivity (Wildman–Crippen MR) is 71.8 cm³/mol. The van der Waals surface area contributed by atoms with Crippen LogP contribution in [0.4, 0.5) is 5.69 Å². The largest absolute Gasteiger partial charge is 0.399 e. The Morgan fingerprint density at radius 2 is 2.28 bits per heavy atom. The molecule has 2 rings (SSSR count). The smallest absolute Gasteiger partial charge is 0.229 e. The van der Waals surface area contributed by atoms with Gasteiger partial charge in [-0.1, -0.05) is 18.5 Å². The Bertz CT molecular complexity index is 577. The van der Waals surface area contributed by atoms with Crippen molar-refractivity contribution in [2.45, 2.75) is 19.9 Å². The number of carbonyl (C=O) groups is 1. The van der Waals surface area contributed by atoms with Crippen LogP contribution >= 0.6 is 11.6 Å². The maximum atomic E-state index is 12.3. The minimum Gasteiger partial charge on any atom is -0.399 e. The van der Waals surface area contributed by atoms with Gasteiger partial charge in [-0.2, -0.15) is 0 Å². The Kier molecular flexibility index (Phi) is 3.67. The molecule has 0 aliphatic heterocycles. The third-order valence-electron chi connectivity index (χ3n) is 2.62. The van der Waals surface area contributed by atoms with Gasteiger partial charge in [0.1, 0.15) is 0 Å². The topological polar surface area (TPSA) is 60.9 Å². The quantitative estimate of drug-likeness (QED) is 0.682. The summed E-state index contributed by atoms with van der Waals surface area (Å²) in [6.45, 7) is 2.80. The van der Waals surface area contributed by atoms with Crippen LogP contribution < -0.4 is 5.73 Å². The lowest BCUT2D eigenvalue weighted by molar-refractivity contribution is 0.102. The maximum absolute atomic E-state index is 12.3. The number of aromatic nitrogens is 2. The molecule has 1 heterocycles. The molecule has 0 saturated carbocycles. The third-order valence-corrected chi connectivity index (χ3v) is 2.93. The number of nitrogens with zero attached hydrogens (tertiary/aromatic N) is 2. The average molecular weight is 264 g/mol. The summed E-state index contributed by atoms with van der Waals surface area (Å²) in [4.78, 5) is 16.4. The molecule has 1 aromatic heterocycles. The second-order valence-corrected chi connectivity index (χ2v) is 4.42. The van der Waals surface area contributed by atoms with Crippen molar-refractivity contribution in [3.05, 3.63) is 47.0 Å². The lowest BCUT2D eigenvalue weighted by atomic mass is 10.1. The number of carbonyl (C=O) groups excluding carboxylic acids is 1. The van der Waals surface area contributed by atoms with E-state index in [2.05, 4.69) is 4.98 Å². The van der Waals surface area contributed by atoms with E-state index >= 15 is 0 Å². The molecule has 0 saturated heterocycles. The van der Waals surface area contributed by atoms with Crippen LogP contribution in [0.1, 0.15) is 29.5 Å². The van der Waals surface area contributed by atoms with Crippen molar-refractivity contribution >= 4 is 23.1 Å². The molecule has 5 heteroatoms. The minimum atomic E-state index is -0.182. The molecular formula is C13H14ClN3O. The Morgan fingerprint density at radius 1 is 1.50 bits per heavy atom. The maximum Gasteiger partial charge on any atom is 0.229 e. The summed E-state index contributed by atoms with van der Waals surface area (Å²) in [6, 6.07) is 4.86. The summed E-state index contributed by atoms with van der Waals surface area (Å²) in [5.74, 6) is 0.224. The van der Waals surface area contributed by atoms with Gasteiger partial charge in [0.15, 0.2) is 5.82 Å². The Labute approximate surface area is 110 Å². The van der Waals surface area contributed by atoms with E-state index in [-0.39, 0.29) is 5.78 Å². The number of nitrogens with two attached hydrogens (primary N) is 1. The zero-order chi connectivity index (χ0) is 13.1. The number of anilines is 1. The number of benzene rings is 1. The molecule has 94 valence electrons. The number of halogens is 1.